The van der Waals surface area contributed by atoms with E-state index in [1.54, 1.807) is 11.8 Å². The first-order valence-corrected chi connectivity index (χ1v) is 12.3. The zero-order chi connectivity index (χ0) is 19.1. The molecule has 0 spiro atoms. The molecule has 0 atom stereocenters. The van der Waals surface area contributed by atoms with E-state index in [0.29, 0.717) is 12.5 Å². The highest BCUT2D eigenvalue weighted by Gasteiger charge is 2.21. The van der Waals surface area contributed by atoms with E-state index in [1.807, 2.05) is 30.3 Å². The van der Waals surface area contributed by atoms with E-state index in [4.69, 9.17) is 0 Å². The molecule has 0 bridgehead atoms. The van der Waals surface area contributed by atoms with Crippen LogP contribution in [0.25, 0.3) is 0 Å². The first kappa shape index (κ1) is 20.4. The summed E-state index contributed by atoms with van der Waals surface area (Å²) in [4.78, 5) is 3.82. The van der Waals surface area contributed by atoms with E-state index in [1.165, 1.54) is 10.5 Å². The smallest absolute Gasteiger partial charge is 0.215 e. The molecule has 2 aromatic carbocycles. The van der Waals surface area contributed by atoms with Crippen molar-refractivity contribution in [1.82, 2.24) is 9.62 Å². The standard InChI is InChI=1S/C21H28N2O2S2/c1-26-21-10-6-5-9-20(21)16-23-13-11-18(12-14-23)15-22-27(24,25)17-19-7-3-2-4-8-19/h2-10,18,22H,11-17H2,1H3. The number of sulfonamides is 1. The minimum Gasteiger partial charge on any atom is -0.299 e. The molecule has 0 unspecified atom stereocenters. The van der Waals surface area contributed by atoms with Crippen molar-refractivity contribution < 1.29 is 8.42 Å². The van der Waals surface area contributed by atoms with Crippen molar-refractivity contribution in [3.05, 3.63) is 65.7 Å². The third kappa shape index (κ3) is 6.35. The molecule has 0 radical (unpaired) electrons. The van der Waals surface area contributed by atoms with Crippen LogP contribution in [0.4, 0.5) is 0 Å². The Morgan fingerprint density at radius 3 is 2.41 bits per heavy atom. The summed E-state index contributed by atoms with van der Waals surface area (Å²) >= 11 is 1.79. The fraction of sp³-hybridized carbons (Fsp3) is 0.429. The maximum atomic E-state index is 12.3. The lowest BCUT2D eigenvalue weighted by Gasteiger charge is -2.32. The van der Waals surface area contributed by atoms with Gasteiger partial charge in [0.1, 0.15) is 0 Å². The number of rotatable bonds is 8. The molecule has 1 heterocycles. The molecule has 1 aliphatic heterocycles. The van der Waals surface area contributed by atoms with Crippen molar-refractivity contribution >= 4 is 21.8 Å². The number of nitrogens with zero attached hydrogens (tertiary/aromatic N) is 1. The van der Waals surface area contributed by atoms with Crippen LogP contribution in [0, 0.1) is 5.92 Å². The van der Waals surface area contributed by atoms with Crippen molar-refractivity contribution in [3.8, 4) is 0 Å². The highest BCUT2D eigenvalue weighted by atomic mass is 32.2. The molecule has 27 heavy (non-hydrogen) atoms. The molecular weight excluding hydrogens is 376 g/mol. The molecule has 2 aromatic rings. The van der Waals surface area contributed by atoms with Crippen LogP contribution in [0.2, 0.25) is 0 Å². The Morgan fingerprint density at radius 2 is 1.70 bits per heavy atom. The van der Waals surface area contributed by atoms with Crippen LogP contribution in [0.3, 0.4) is 0 Å². The van der Waals surface area contributed by atoms with Crippen LogP contribution < -0.4 is 4.72 Å². The highest BCUT2D eigenvalue weighted by molar-refractivity contribution is 7.98. The lowest BCUT2D eigenvalue weighted by Crippen LogP contribution is -2.38. The molecule has 4 nitrogen and oxygen atoms in total. The van der Waals surface area contributed by atoms with E-state index < -0.39 is 10.0 Å². The Labute approximate surface area is 167 Å². The predicted molar refractivity (Wildman–Crippen MR) is 113 cm³/mol. The fourth-order valence-corrected chi connectivity index (χ4v) is 5.35. The number of nitrogens with one attached hydrogen (secondary N) is 1. The quantitative estimate of drug-likeness (QED) is 0.681. The van der Waals surface area contributed by atoms with Gasteiger partial charge in [0.25, 0.3) is 0 Å². The summed E-state index contributed by atoms with van der Waals surface area (Å²) in [6, 6.07) is 17.9. The second-order valence-electron chi connectivity index (χ2n) is 7.12. The van der Waals surface area contributed by atoms with Gasteiger partial charge in [-0.1, -0.05) is 48.5 Å². The third-order valence-corrected chi connectivity index (χ3v) is 7.24. The molecule has 0 aliphatic carbocycles. The first-order valence-electron chi connectivity index (χ1n) is 9.41. The number of thioether (sulfide) groups is 1. The summed E-state index contributed by atoms with van der Waals surface area (Å²) in [5.41, 5.74) is 2.21. The van der Waals surface area contributed by atoms with Gasteiger partial charge in [-0.2, -0.15) is 0 Å². The lowest BCUT2D eigenvalue weighted by atomic mass is 9.97. The zero-order valence-electron chi connectivity index (χ0n) is 15.8. The van der Waals surface area contributed by atoms with Gasteiger partial charge < -0.3 is 0 Å². The van der Waals surface area contributed by atoms with E-state index in [2.05, 4.69) is 40.1 Å². The second kappa shape index (κ2) is 9.73. The van der Waals surface area contributed by atoms with Crippen molar-refractivity contribution in [2.45, 2.75) is 30.0 Å². The van der Waals surface area contributed by atoms with Gasteiger partial charge in [0, 0.05) is 18.0 Å². The molecule has 6 heteroatoms. The number of benzene rings is 2. The van der Waals surface area contributed by atoms with Gasteiger partial charge in [0.05, 0.1) is 5.75 Å². The van der Waals surface area contributed by atoms with Crippen molar-refractivity contribution in [2.75, 3.05) is 25.9 Å². The van der Waals surface area contributed by atoms with Gasteiger partial charge in [0.15, 0.2) is 0 Å². The minimum atomic E-state index is -3.27. The Hall–Kier alpha value is -1.34. The van der Waals surface area contributed by atoms with Crippen molar-refractivity contribution in [3.63, 3.8) is 0 Å². The number of hydrogen-bond acceptors (Lipinski definition) is 4. The number of likely N-dealkylation sites (tertiary alicyclic amines) is 1. The Bertz CT molecular complexity index is 817. The summed E-state index contributed by atoms with van der Waals surface area (Å²) in [6.07, 6.45) is 4.19. The third-order valence-electron chi connectivity index (χ3n) is 5.09. The maximum absolute atomic E-state index is 12.3. The topological polar surface area (TPSA) is 49.4 Å². The fourth-order valence-electron chi connectivity index (χ4n) is 3.51. The van der Waals surface area contributed by atoms with Gasteiger partial charge in [-0.15, -0.1) is 11.8 Å². The predicted octanol–water partition coefficient (Wildman–Crippen LogP) is 3.74. The summed E-state index contributed by atoms with van der Waals surface area (Å²) in [5.74, 6) is 0.473. The Morgan fingerprint density at radius 1 is 1.04 bits per heavy atom. The second-order valence-corrected chi connectivity index (χ2v) is 9.78. The van der Waals surface area contributed by atoms with E-state index in [9.17, 15) is 8.42 Å². The van der Waals surface area contributed by atoms with Gasteiger partial charge in [-0.25, -0.2) is 13.1 Å². The summed E-state index contributed by atoms with van der Waals surface area (Å²) < 4.78 is 27.4. The van der Waals surface area contributed by atoms with Crippen LogP contribution in [-0.2, 0) is 22.3 Å². The molecule has 1 N–H and O–H groups in total. The molecule has 0 saturated carbocycles. The van der Waals surface area contributed by atoms with Gasteiger partial charge in [-0.05, 0) is 55.3 Å². The van der Waals surface area contributed by atoms with Gasteiger partial charge in [0.2, 0.25) is 10.0 Å². The molecular formula is C21H28N2O2S2. The average Bonchev–Trinajstić information content (AvgIpc) is 2.68. The summed E-state index contributed by atoms with van der Waals surface area (Å²) in [7, 11) is -3.27. The van der Waals surface area contributed by atoms with Crippen LogP contribution in [0.1, 0.15) is 24.0 Å². The summed E-state index contributed by atoms with van der Waals surface area (Å²) in [6.45, 7) is 3.56. The van der Waals surface area contributed by atoms with E-state index >= 15 is 0 Å². The molecule has 1 aliphatic rings. The SMILES string of the molecule is CSc1ccccc1CN1CCC(CNS(=O)(=O)Cc2ccccc2)CC1. The molecule has 0 aromatic heterocycles. The van der Waals surface area contributed by atoms with Crippen molar-refractivity contribution in [1.29, 1.82) is 0 Å². The first-order chi connectivity index (χ1) is 13.1. The van der Waals surface area contributed by atoms with Gasteiger partial charge in [-0.3, -0.25) is 4.90 Å². The lowest BCUT2D eigenvalue weighted by molar-refractivity contribution is 0.177. The van der Waals surface area contributed by atoms with Crippen LogP contribution in [0.5, 0.6) is 0 Å². The number of hydrogen-bond donors (Lipinski definition) is 1. The molecule has 1 saturated heterocycles. The average molecular weight is 405 g/mol. The largest absolute Gasteiger partial charge is 0.299 e. The van der Waals surface area contributed by atoms with E-state index in [0.717, 1.165) is 38.0 Å². The zero-order valence-corrected chi connectivity index (χ0v) is 17.4. The molecule has 3 rings (SSSR count). The Kier molecular flexibility index (Phi) is 7.35. The monoisotopic (exact) mass is 404 g/mol. The molecule has 1 fully saturated rings. The minimum absolute atomic E-state index is 0.0537. The normalized spacial score (nSPS) is 16.5. The Balaban J connectivity index is 1.44. The van der Waals surface area contributed by atoms with Gasteiger partial charge >= 0.3 is 0 Å². The summed E-state index contributed by atoms with van der Waals surface area (Å²) in [5, 5.41) is 0. The number of piperidine rings is 1. The molecule has 146 valence electrons. The van der Waals surface area contributed by atoms with Crippen LogP contribution >= 0.6 is 11.8 Å². The maximum Gasteiger partial charge on any atom is 0.215 e. The van der Waals surface area contributed by atoms with Crippen molar-refractivity contribution in [2.24, 2.45) is 5.92 Å². The molecule has 0 amide bonds. The van der Waals surface area contributed by atoms with Crippen LogP contribution in [-0.4, -0.2) is 39.2 Å². The van der Waals surface area contributed by atoms with E-state index in [-0.39, 0.29) is 5.75 Å². The highest BCUT2D eigenvalue weighted by Crippen LogP contribution is 2.24. The van der Waals surface area contributed by atoms with Crippen LogP contribution in [0.15, 0.2) is 59.5 Å².